The van der Waals surface area contributed by atoms with E-state index >= 15 is 0 Å². The Morgan fingerprint density at radius 3 is 2.07 bits per heavy atom. The second-order valence-electron chi connectivity index (χ2n) is 9.15. The Labute approximate surface area is 168 Å². The maximum Gasteiger partial charge on any atom is 0.317 e. The fraction of sp³-hybridized carbons (Fsp3) is 0.650. The number of rotatable bonds is 3. The van der Waals surface area contributed by atoms with E-state index in [2.05, 4.69) is 38.3 Å². The van der Waals surface area contributed by atoms with Crippen LogP contribution in [0.4, 0.5) is 4.79 Å². The highest BCUT2D eigenvalue weighted by Gasteiger charge is 2.39. The zero-order valence-corrected chi connectivity index (χ0v) is 18.1. The van der Waals surface area contributed by atoms with Crippen LogP contribution in [-0.4, -0.2) is 67.0 Å². The van der Waals surface area contributed by atoms with Crippen molar-refractivity contribution in [1.29, 1.82) is 0 Å². The van der Waals surface area contributed by atoms with E-state index in [4.69, 9.17) is 0 Å². The number of sulfonamides is 1. The van der Waals surface area contributed by atoms with E-state index in [9.17, 15) is 13.2 Å². The van der Waals surface area contributed by atoms with E-state index in [1.165, 1.54) is 4.31 Å². The van der Waals surface area contributed by atoms with E-state index in [-0.39, 0.29) is 23.2 Å². The second-order valence-corrected chi connectivity index (χ2v) is 11.1. The molecule has 0 spiro atoms. The van der Waals surface area contributed by atoms with Crippen molar-refractivity contribution in [1.82, 2.24) is 19.8 Å². The van der Waals surface area contributed by atoms with Gasteiger partial charge in [0.2, 0.25) is 10.0 Å². The van der Waals surface area contributed by atoms with E-state index in [1.54, 1.807) is 35.2 Å². The molecule has 28 heavy (non-hydrogen) atoms. The number of carbonyl (C=O) groups is 1. The van der Waals surface area contributed by atoms with Gasteiger partial charge in [0.15, 0.2) is 0 Å². The van der Waals surface area contributed by atoms with Crippen molar-refractivity contribution in [3.8, 4) is 0 Å². The zero-order valence-electron chi connectivity index (χ0n) is 17.2. The van der Waals surface area contributed by atoms with Crippen LogP contribution in [-0.2, 0) is 10.0 Å². The third kappa shape index (κ3) is 4.85. The molecule has 0 radical (unpaired) electrons. The van der Waals surface area contributed by atoms with E-state index in [0.29, 0.717) is 31.1 Å². The van der Waals surface area contributed by atoms with Crippen molar-refractivity contribution < 1.29 is 13.2 Å². The molecule has 156 valence electrons. The van der Waals surface area contributed by atoms with Crippen molar-refractivity contribution in [2.24, 2.45) is 0 Å². The molecule has 0 bridgehead atoms. The lowest BCUT2D eigenvalue weighted by Gasteiger charge is -2.47. The SMILES string of the molecule is CC1(C)CC(NC(=O)N2CCN(S(=O)(=O)c3ccccc3)CC2)CC(C)(C)N1. The third-order valence-corrected chi connectivity index (χ3v) is 7.34. The first kappa shape index (κ1) is 21.1. The van der Waals surface area contributed by atoms with Crippen LogP contribution in [0.1, 0.15) is 40.5 Å². The number of piperazine rings is 1. The standard InChI is InChI=1S/C20H32N4O3S/c1-19(2)14-16(15-20(3,4)22-19)21-18(25)23-10-12-24(13-11-23)28(26,27)17-8-6-5-7-9-17/h5-9,16,22H,10-15H2,1-4H3,(H,21,25). The van der Waals surface area contributed by atoms with Gasteiger partial charge in [0.1, 0.15) is 0 Å². The van der Waals surface area contributed by atoms with Crippen LogP contribution in [0.15, 0.2) is 35.2 Å². The Morgan fingerprint density at radius 1 is 1.00 bits per heavy atom. The molecule has 0 saturated carbocycles. The Balaban J connectivity index is 1.57. The predicted molar refractivity (Wildman–Crippen MR) is 110 cm³/mol. The normalized spacial score (nSPS) is 23.4. The highest BCUT2D eigenvalue weighted by atomic mass is 32.2. The number of hydrogen-bond donors (Lipinski definition) is 2. The molecule has 0 aromatic heterocycles. The molecule has 2 fully saturated rings. The van der Waals surface area contributed by atoms with Gasteiger partial charge < -0.3 is 15.5 Å². The van der Waals surface area contributed by atoms with Crippen LogP contribution in [0.2, 0.25) is 0 Å². The van der Waals surface area contributed by atoms with E-state index in [1.807, 2.05) is 0 Å². The number of urea groups is 1. The molecule has 3 rings (SSSR count). The molecular weight excluding hydrogens is 376 g/mol. The third-order valence-electron chi connectivity index (χ3n) is 5.42. The monoisotopic (exact) mass is 408 g/mol. The Hall–Kier alpha value is -1.64. The second kappa shape index (κ2) is 7.65. The molecule has 7 nitrogen and oxygen atoms in total. The zero-order chi connectivity index (χ0) is 20.6. The summed E-state index contributed by atoms with van der Waals surface area (Å²) in [5.41, 5.74) is -0.0791. The topological polar surface area (TPSA) is 81.8 Å². The molecule has 0 atom stereocenters. The van der Waals surface area contributed by atoms with Crippen molar-refractivity contribution in [3.63, 3.8) is 0 Å². The molecule has 2 saturated heterocycles. The molecule has 2 aliphatic rings. The summed E-state index contributed by atoms with van der Waals surface area (Å²) < 4.78 is 26.9. The van der Waals surface area contributed by atoms with Crippen LogP contribution in [0.25, 0.3) is 0 Å². The number of piperidine rings is 1. The number of amides is 2. The Morgan fingerprint density at radius 2 is 1.54 bits per heavy atom. The van der Waals surface area contributed by atoms with E-state index < -0.39 is 10.0 Å². The molecule has 2 heterocycles. The van der Waals surface area contributed by atoms with Gasteiger partial charge in [-0.25, -0.2) is 13.2 Å². The first-order valence-corrected chi connectivity index (χ1v) is 11.3. The summed E-state index contributed by atoms with van der Waals surface area (Å²) in [7, 11) is -3.50. The van der Waals surface area contributed by atoms with Crippen LogP contribution in [0.3, 0.4) is 0 Å². The van der Waals surface area contributed by atoms with Gasteiger partial charge in [-0.05, 0) is 52.7 Å². The Bertz CT molecular complexity index is 784. The number of hydrogen-bond acceptors (Lipinski definition) is 4. The number of nitrogens with one attached hydrogen (secondary N) is 2. The minimum absolute atomic E-state index is 0.0395. The van der Waals surface area contributed by atoms with Gasteiger partial charge in [-0.3, -0.25) is 0 Å². The van der Waals surface area contributed by atoms with Crippen molar-refractivity contribution >= 4 is 16.1 Å². The molecule has 1 aromatic rings. The number of benzene rings is 1. The lowest BCUT2D eigenvalue weighted by atomic mass is 9.80. The molecular formula is C20H32N4O3S. The number of nitrogens with zero attached hydrogens (tertiary/aromatic N) is 2. The summed E-state index contributed by atoms with van der Waals surface area (Å²) in [6.45, 7) is 10.0. The molecule has 2 N–H and O–H groups in total. The average Bonchev–Trinajstić information content (AvgIpc) is 2.60. The predicted octanol–water partition coefficient (Wildman–Crippen LogP) is 2.01. The fourth-order valence-corrected chi connectivity index (χ4v) is 6.01. The quantitative estimate of drug-likeness (QED) is 0.802. The summed E-state index contributed by atoms with van der Waals surface area (Å²) in [6, 6.07) is 8.45. The molecule has 0 unspecified atom stereocenters. The summed E-state index contributed by atoms with van der Waals surface area (Å²) in [4.78, 5) is 14.8. The van der Waals surface area contributed by atoms with Gasteiger partial charge in [0.05, 0.1) is 4.90 Å². The van der Waals surface area contributed by atoms with Crippen LogP contribution < -0.4 is 10.6 Å². The highest BCUT2D eigenvalue weighted by molar-refractivity contribution is 7.89. The lowest BCUT2D eigenvalue weighted by Crippen LogP contribution is -2.63. The van der Waals surface area contributed by atoms with Crippen molar-refractivity contribution in [3.05, 3.63) is 30.3 Å². The van der Waals surface area contributed by atoms with Crippen molar-refractivity contribution in [2.45, 2.75) is 62.6 Å². The molecule has 2 amide bonds. The maximum absolute atomic E-state index is 12.7. The first-order valence-electron chi connectivity index (χ1n) is 9.89. The summed E-state index contributed by atoms with van der Waals surface area (Å²) in [6.07, 6.45) is 1.73. The summed E-state index contributed by atoms with van der Waals surface area (Å²) in [5, 5.41) is 6.78. The van der Waals surface area contributed by atoms with Gasteiger partial charge in [-0.15, -0.1) is 0 Å². The van der Waals surface area contributed by atoms with Gasteiger partial charge >= 0.3 is 6.03 Å². The summed E-state index contributed by atoms with van der Waals surface area (Å²) >= 11 is 0. The fourth-order valence-electron chi connectivity index (χ4n) is 4.56. The molecule has 0 aliphatic carbocycles. The van der Waals surface area contributed by atoms with Gasteiger partial charge in [0.25, 0.3) is 0 Å². The van der Waals surface area contributed by atoms with Crippen LogP contribution in [0, 0.1) is 0 Å². The van der Waals surface area contributed by atoms with Crippen molar-refractivity contribution in [2.75, 3.05) is 26.2 Å². The van der Waals surface area contributed by atoms with Crippen LogP contribution >= 0.6 is 0 Å². The minimum atomic E-state index is -3.50. The summed E-state index contributed by atoms with van der Waals surface area (Å²) in [5.74, 6) is 0. The van der Waals surface area contributed by atoms with Gasteiger partial charge in [-0.2, -0.15) is 4.31 Å². The maximum atomic E-state index is 12.7. The molecule has 8 heteroatoms. The molecule has 1 aromatic carbocycles. The highest BCUT2D eigenvalue weighted by Crippen LogP contribution is 2.28. The Kier molecular flexibility index (Phi) is 5.76. The van der Waals surface area contributed by atoms with Crippen LogP contribution in [0.5, 0.6) is 0 Å². The number of carbonyl (C=O) groups excluding carboxylic acids is 1. The van der Waals surface area contributed by atoms with Gasteiger partial charge in [0, 0.05) is 43.3 Å². The lowest BCUT2D eigenvalue weighted by molar-refractivity contribution is 0.132. The average molecular weight is 409 g/mol. The first-order chi connectivity index (χ1) is 13.0. The molecule has 2 aliphatic heterocycles. The minimum Gasteiger partial charge on any atom is -0.335 e. The largest absolute Gasteiger partial charge is 0.335 e. The van der Waals surface area contributed by atoms with Gasteiger partial charge in [-0.1, -0.05) is 18.2 Å². The smallest absolute Gasteiger partial charge is 0.317 e. The van der Waals surface area contributed by atoms with E-state index in [0.717, 1.165) is 12.8 Å².